The maximum absolute atomic E-state index is 11.3. The molecule has 38 heavy (non-hydrogen) atoms. The first kappa shape index (κ1) is 27.5. The van der Waals surface area contributed by atoms with Gasteiger partial charge in [-0.2, -0.15) is 0 Å². The molecule has 0 aromatic heterocycles. The van der Waals surface area contributed by atoms with Crippen LogP contribution in [0.1, 0.15) is 54.7 Å². The Morgan fingerprint density at radius 1 is 0.921 bits per heavy atom. The summed E-state index contributed by atoms with van der Waals surface area (Å²) >= 11 is 12.7. The molecule has 2 saturated heterocycles. The van der Waals surface area contributed by atoms with E-state index in [0.717, 1.165) is 76.1 Å². The molecule has 2 fully saturated rings. The van der Waals surface area contributed by atoms with Crippen molar-refractivity contribution in [1.82, 2.24) is 9.80 Å². The summed E-state index contributed by atoms with van der Waals surface area (Å²) in [5.74, 6) is 1.30. The normalized spacial score (nSPS) is 22.3. The third-order valence-electron chi connectivity index (χ3n) is 8.52. The zero-order chi connectivity index (χ0) is 26.5. The van der Waals surface area contributed by atoms with Gasteiger partial charge in [0.25, 0.3) is 0 Å². The molecule has 0 aliphatic carbocycles. The minimum absolute atomic E-state index is 0.391. The van der Waals surface area contributed by atoms with Crippen LogP contribution < -0.4 is 4.74 Å². The van der Waals surface area contributed by atoms with E-state index in [2.05, 4.69) is 52.3 Å². The number of methoxy groups -OCH3 is 1. The monoisotopic (exact) mass is 552 g/mol. The molecule has 202 valence electrons. The van der Waals surface area contributed by atoms with Gasteiger partial charge in [-0.1, -0.05) is 71.7 Å². The zero-order valence-electron chi connectivity index (χ0n) is 22.2. The van der Waals surface area contributed by atoms with Crippen LogP contribution in [0.2, 0.25) is 10.0 Å². The summed E-state index contributed by atoms with van der Waals surface area (Å²) in [5.41, 5.74) is 2.87. The summed E-state index contributed by atoms with van der Waals surface area (Å²) in [6.45, 7) is 4.81. The minimum atomic E-state index is -0.719. The second-order valence-corrected chi connectivity index (χ2v) is 11.7. The smallest absolute Gasteiger partial charge is 0.119 e. The van der Waals surface area contributed by atoms with Gasteiger partial charge in [0, 0.05) is 25.7 Å². The molecule has 2 atom stereocenters. The van der Waals surface area contributed by atoms with Crippen molar-refractivity contribution < 1.29 is 9.84 Å². The van der Waals surface area contributed by atoms with Crippen molar-refractivity contribution in [2.24, 2.45) is 0 Å². The van der Waals surface area contributed by atoms with E-state index in [1.807, 2.05) is 30.3 Å². The van der Waals surface area contributed by atoms with Crippen LogP contribution >= 0.6 is 23.2 Å². The molecule has 0 spiro atoms. The molecule has 3 aromatic carbocycles. The standard InChI is InChI=1S/C32H38Cl2N2O2/c1-38-27-10-5-7-24(21-27)23-36-17-6-11-28(25-12-13-29(33)30(34)22-25)31(36)14-18-35-19-15-32(37,16-20-35)26-8-3-2-4-9-26/h2-5,7-10,12-13,21-22,28,31,37H,6,11,14-20,23H2,1H3. The van der Waals surface area contributed by atoms with Gasteiger partial charge in [0.2, 0.25) is 0 Å². The Balaban J connectivity index is 1.31. The summed E-state index contributed by atoms with van der Waals surface area (Å²) in [6.07, 6.45) is 4.90. The molecule has 6 heteroatoms. The van der Waals surface area contributed by atoms with Gasteiger partial charge >= 0.3 is 0 Å². The number of benzene rings is 3. The third-order valence-corrected chi connectivity index (χ3v) is 9.26. The van der Waals surface area contributed by atoms with E-state index in [4.69, 9.17) is 27.9 Å². The topological polar surface area (TPSA) is 35.9 Å². The van der Waals surface area contributed by atoms with E-state index in [1.165, 1.54) is 11.1 Å². The van der Waals surface area contributed by atoms with E-state index < -0.39 is 5.60 Å². The van der Waals surface area contributed by atoms with Gasteiger partial charge in [-0.05, 0) is 92.1 Å². The van der Waals surface area contributed by atoms with Crippen LogP contribution in [-0.2, 0) is 12.1 Å². The number of hydrogen-bond donors (Lipinski definition) is 1. The molecule has 2 unspecified atom stereocenters. The van der Waals surface area contributed by atoms with Crippen molar-refractivity contribution in [3.8, 4) is 5.75 Å². The molecular weight excluding hydrogens is 515 g/mol. The van der Waals surface area contributed by atoms with E-state index in [-0.39, 0.29) is 0 Å². The Hall–Kier alpha value is -2.08. The lowest BCUT2D eigenvalue weighted by atomic mass is 9.81. The predicted octanol–water partition coefficient (Wildman–Crippen LogP) is 7.12. The van der Waals surface area contributed by atoms with Crippen molar-refractivity contribution in [2.45, 2.75) is 56.2 Å². The molecule has 2 heterocycles. The van der Waals surface area contributed by atoms with Gasteiger partial charge in [-0.25, -0.2) is 0 Å². The Bertz CT molecular complexity index is 1200. The Morgan fingerprint density at radius 2 is 1.71 bits per heavy atom. The summed E-state index contributed by atoms with van der Waals surface area (Å²) in [6, 6.07) is 25.1. The van der Waals surface area contributed by atoms with Gasteiger partial charge in [0.15, 0.2) is 0 Å². The van der Waals surface area contributed by atoms with Crippen LogP contribution in [0.3, 0.4) is 0 Å². The number of aliphatic hydroxyl groups is 1. The van der Waals surface area contributed by atoms with E-state index in [9.17, 15) is 5.11 Å². The fraction of sp³-hybridized carbons (Fsp3) is 0.438. The molecule has 0 bridgehead atoms. The second kappa shape index (κ2) is 12.4. The lowest BCUT2D eigenvalue weighted by Gasteiger charge is -2.44. The first-order valence-electron chi connectivity index (χ1n) is 13.8. The zero-order valence-corrected chi connectivity index (χ0v) is 23.7. The van der Waals surface area contributed by atoms with Crippen molar-refractivity contribution in [3.63, 3.8) is 0 Å². The highest BCUT2D eigenvalue weighted by Crippen LogP contribution is 2.39. The van der Waals surface area contributed by atoms with Crippen LogP contribution in [0.15, 0.2) is 72.8 Å². The van der Waals surface area contributed by atoms with Crippen molar-refractivity contribution in [1.29, 1.82) is 0 Å². The fourth-order valence-electron chi connectivity index (χ4n) is 6.34. The minimum Gasteiger partial charge on any atom is -0.497 e. The summed E-state index contributed by atoms with van der Waals surface area (Å²) < 4.78 is 5.49. The van der Waals surface area contributed by atoms with Crippen LogP contribution in [-0.4, -0.2) is 54.2 Å². The molecule has 0 radical (unpaired) electrons. The van der Waals surface area contributed by atoms with Gasteiger partial charge in [0.05, 0.1) is 22.8 Å². The first-order chi connectivity index (χ1) is 18.4. The number of nitrogens with zero attached hydrogens (tertiary/aromatic N) is 2. The number of halogens is 2. The fourth-order valence-corrected chi connectivity index (χ4v) is 6.65. The van der Waals surface area contributed by atoms with Crippen molar-refractivity contribution >= 4 is 23.2 Å². The third kappa shape index (κ3) is 6.38. The summed E-state index contributed by atoms with van der Waals surface area (Å²) in [4.78, 5) is 5.18. The van der Waals surface area contributed by atoms with E-state index in [0.29, 0.717) is 22.0 Å². The average Bonchev–Trinajstić information content (AvgIpc) is 2.95. The van der Waals surface area contributed by atoms with Crippen molar-refractivity contribution in [2.75, 3.05) is 33.3 Å². The largest absolute Gasteiger partial charge is 0.497 e. The highest BCUT2D eigenvalue weighted by molar-refractivity contribution is 6.42. The number of likely N-dealkylation sites (tertiary alicyclic amines) is 2. The lowest BCUT2D eigenvalue weighted by Crippen LogP contribution is -2.47. The Labute approximate surface area is 237 Å². The molecule has 1 N–H and O–H groups in total. The predicted molar refractivity (Wildman–Crippen MR) is 156 cm³/mol. The van der Waals surface area contributed by atoms with Crippen molar-refractivity contribution in [3.05, 3.63) is 99.5 Å². The van der Waals surface area contributed by atoms with Gasteiger partial charge in [-0.15, -0.1) is 0 Å². The SMILES string of the molecule is COc1cccc(CN2CCCC(c3ccc(Cl)c(Cl)c3)C2CCN2CCC(O)(c3ccccc3)CC2)c1. The number of piperidine rings is 2. The van der Waals surface area contributed by atoms with Crippen LogP contribution in [0.25, 0.3) is 0 Å². The van der Waals surface area contributed by atoms with E-state index in [1.54, 1.807) is 7.11 Å². The molecule has 5 rings (SSSR count). The van der Waals surface area contributed by atoms with Crippen LogP contribution in [0.4, 0.5) is 0 Å². The number of hydrogen-bond acceptors (Lipinski definition) is 4. The average molecular weight is 554 g/mol. The molecule has 2 aliphatic heterocycles. The maximum atomic E-state index is 11.3. The highest BCUT2D eigenvalue weighted by Gasteiger charge is 2.36. The number of rotatable bonds is 8. The molecular formula is C32H38Cl2N2O2. The molecule has 4 nitrogen and oxygen atoms in total. The molecule has 2 aliphatic rings. The quantitative estimate of drug-likeness (QED) is 0.322. The number of ether oxygens (including phenoxy) is 1. The molecule has 3 aromatic rings. The Morgan fingerprint density at radius 3 is 2.45 bits per heavy atom. The van der Waals surface area contributed by atoms with Gasteiger partial charge < -0.3 is 14.7 Å². The first-order valence-corrected chi connectivity index (χ1v) is 14.5. The maximum Gasteiger partial charge on any atom is 0.119 e. The molecule has 0 amide bonds. The van der Waals surface area contributed by atoms with Crippen LogP contribution in [0.5, 0.6) is 5.75 Å². The lowest BCUT2D eigenvalue weighted by molar-refractivity contribution is -0.0282. The van der Waals surface area contributed by atoms with Gasteiger partial charge in [0.1, 0.15) is 5.75 Å². The van der Waals surface area contributed by atoms with E-state index >= 15 is 0 Å². The van der Waals surface area contributed by atoms with Gasteiger partial charge in [-0.3, -0.25) is 4.90 Å². The summed E-state index contributed by atoms with van der Waals surface area (Å²) in [5, 5.41) is 12.5. The summed E-state index contributed by atoms with van der Waals surface area (Å²) in [7, 11) is 1.72. The highest BCUT2D eigenvalue weighted by atomic mass is 35.5. The Kier molecular flexibility index (Phi) is 8.97. The van der Waals surface area contributed by atoms with Crippen LogP contribution in [0, 0.1) is 0 Å². The second-order valence-electron chi connectivity index (χ2n) is 10.8. The molecule has 0 saturated carbocycles.